The van der Waals surface area contributed by atoms with Gasteiger partial charge in [0.15, 0.2) is 11.6 Å². The van der Waals surface area contributed by atoms with Crippen molar-refractivity contribution in [2.24, 2.45) is 5.92 Å². The maximum atomic E-state index is 12.8. The van der Waals surface area contributed by atoms with E-state index in [9.17, 15) is 18.0 Å². The summed E-state index contributed by atoms with van der Waals surface area (Å²) in [5.41, 5.74) is 0. The van der Waals surface area contributed by atoms with Crippen molar-refractivity contribution in [2.45, 2.75) is 24.9 Å². The number of furan rings is 1. The number of piperidine rings is 1. The zero-order valence-electron chi connectivity index (χ0n) is 16.7. The molecule has 0 radical (unpaired) electrons. The van der Waals surface area contributed by atoms with E-state index in [2.05, 4.69) is 10.3 Å². The molecule has 1 N–H and O–H groups in total. The number of pyridine rings is 1. The number of esters is 1. The number of hydrogen-bond acceptors (Lipinski definition) is 8. The Morgan fingerprint density at radius 1 is 1.27 bits per heavy atom. The van der Waals surface area contributed by atoms with Crippen molar-refractivity contribution >= 4 is 27.7 Å². The number of rotatable bonds is 7. The topological polar surface area (TPSA) is 128 Å². The third-order valence-electron chi connectivity index (χ3n) is 4.71. The zero-order valence-corrected chi connectivity index (χ0v) is 17.5. The van der Waals surface area contributed by atoms with Gasteiger partial charge in [0, 0.05) is 25.2 Å². The van der Waals surface area contributed by atoms with Crippen LogP contribution in [0.3, 0.4) is 0 Å². The molecule has 1 aliphatic heterocycles. The molecule has 0 saturated carbocycles. The monoisotopic (exact) mass is 437 g/mol. The van der Waals surface area contributed by atoms with Crippen LogP contribution in [0.15, 0.2) is 40.0 Å². The van der Waals surface area contributed by atoms with Gasteiger partial charge in [-0.1, -0.05) is 0 Å². The Morgan fingerprint density at radius 3 is 2.67 bits per heavy atom. The largest absolute Gasteiger partial charge is 0.493 e. The second-order valence-electron chi connectivity index (χ2n) is 6.56. The Labute approximate surface area is 174 Å². The lowest BCUT2D eigenvalue weighted by molar-refractivity contribution is -0.121. The minimum atomic E-state index is -3.91. The minimum absolute atomic E-state index is 0.148. The zero-order chi connectivity index (χ0) is 21.7. The fourth-order valence-electron chi connectivity index (χ4n) is 3.12. The summed E-state index contributed by atoms with van der Waals surface area (Å²) in [5, 5.41) is 2.40. The number of anilines is 1. The third kappa shape index (κ3) is 4.62. The lowest BCUT2D eigenvalue weighted by Gasteiger charge is -2.29. The van der Waals surface area contributed by atoms with Gasteiger partial charge >= 0.3 is 5.97 Å². The number of amides is 1. The number of methoxy groups -OCH3 is 1. The van der Waals surface area contributed by atoms with E-state index in [4.69, 9.17) is 13.9 Å². The van der Waals surface area contributed by atoms with Crippen molar-refractivity contribution in [1.82, 2.24) is 9.29 Å². The van der Waals surface area contributed by atoms with Gasteiger partial charge in [-0.25, -0.2) is 18.2 Å². The fourth-order valence-corrected chi connectivity index (χ4v) is 4.51. The van der Waals surface area contributed by atoms with Gasteiger partial charge in [0.25, 0.3) is 10.0 Å². The molecular weight excluding hydrogens is 414 g/mol. The smallest absolute Gasteiger partial charge is 0.374 e. The highest BCUT2D eigenvalue weighted by Gasteiger charge is 2.34. The molecule has 3 heterocycles. The Bertz CT molecular complexity index is 1010. The number of carbonyl (C=O) groups excluding carboxylic acids is 2. The molecule has 1 fully saturated rings. The van der Waals surface area contributed by atoms with Crippen LogP contribution in [-0.4, -0.2) is 56.4 Å². The summed E-state index contributed by atoms with van der Waals surface area (Å²) in [6, 6.07) is 5.88. The Hall–Kier alpha value is -2.92. The van der Waals surface area contributed by atoms with Gasteiger partial charge in [-0.3, -0.25) is 4.79 Å². The predicted octanol–water partition coefficient (Wildman–Crippen LogP) is 1.90. The molecule has 30 heavy (non-hydrogen) atoms. The van der Waals surface area contributed by atoms with Gasteiger partial charge in [0.05, 0.1) is 13.7 Å². The van der Waals surface area contributed by atoms with Crippen molar-refractivity contribution in [2.75, 3.05) is 32.1 Å². The van der Waals surface area contributed by atoms with E-state index in [0.717, 1.165) is 0 Å². The normalized spacial score (nSPS) is 15.5. The highest BCUT2D eigenvalue weighted by atomic mass is 32.2. The van der Waals surface area contributed by atoms with Crippen LogP contribution in [0, 0.1) is 5.92 Å². The van der Waals surface area contributed by atoms with E-state index in [1.165, 1.54) is 23.5 Å². The average Bonchev–Trinajstić information content (AvgIpc) is 3.26. The van der Waals surface area contributed by atoms with E-state index in [1.54, 1.807) is 25.3 Å². The number of hydrogen-bond donors (Lipinski definition) is 1. The van der Waals surface area contributed by atoms with Crippen LogP contribution in [0.2, 0.25) is 0 Å². The molecule has 162 valence electrons. The fraction of sp³-hybridized carbons (Fsp3) is 0.421. The van der Waals surface area contributed by atoms with Crippen molar-refractivity contribution in [3.63, 3.8) is 0 Å². The predicted molar refractivity (Wildman–Crippen MR) is 106 cm³/mol. The van der Waals surface area contributed by atoms with Crippen molar-refractivity contribution in [1.29, 1.82) is 0 Å². The number of aromatic nitrogens is 1. The maximum absolute atomic E-state index is 12.8. The second kappa shape index (κ2) is 9.26. The van der Waals surface area contributed by atoms with Gasteiger partial charge in [0.2, 0.25) is 16.8 Å². The van der Waals surface area contributed by atoms with E-state index in [1.807, 2.05) is 0 Å². The number of nitrogens with zero attached hydrogens (tertiary/aromatic N) is 2. The molecule has 11 heteroatoms. The Kier molecular flexibility index (Phi) is 6.73. The maximum Gasteiger partial charge on any atom is 0.374 e. The summed E-state index contributed by atoms with van der Waals surface area (Å²) in [6.07, 6.45) is 2.22. The first-order valence-electron chi connectivity index (χ1n) is 9.43. The van der Waals surface area contributed by atoms with Crippen LogP contribution in [-0.2, 0) is 19.6 Å². The molecule has 10 nitrogen and oxygen atoms in total. The molecular formula is C19H23N3O7S. The van der Waals surface area contributed by atoms with E-state index >= 15 is 0 Å². The molecule has 0 aromatic carbocycles. The molecule has 0 spiro atoms. The summed E-state index contributed by atoms with van der Waals surface area (Å²) < 4.78 is 42.0. The summed E-state index contributed by atoms with van der Waals surface area (Å²) in [7, 11) is -2.43. The first-order valence-corrected chi connectivity index (χ1v) is 10.9. The van der Waals surface area contributed by atoms with Crippen LogP contribution in [0.5, 0.6) is 5.75 Å². The summed E-state index contributed by atoms with van der Waals surface area (Å²) >= 11 is 0. The van der Waals surface area contributed by atoms with Gasteiger partial charge in [-0.2, -0.15) is 4.31 Å². The first kappa shape index (κ1) is 21.8. The van der Waals surface area contributed by atoms with Crippen LogP contribution < -0.4 is 10.1 Å². The Morgan fingerprint density at radius 2 is 2.00 bits per heavy atom. The van der Waals surface area contributed by atoms with Crippen molar-refractivity contribution in [3.05, 3.63) is 36.2 Å². The molecule has 0 unspecified atom stereocenters. The molecule has 0 bridgehead atoms. The lowest BCUT2D eigenvalue weighted by Crippen LogP contribution is -2.41. The van der Waals surface area contributed by atoms with Gasteiger partial charge in [-0.05, 0) is 44.0 Å². The van der Waals surface area contributed by atoms with E-state index < -0.39 is 16.0 Å². The molecule has 1 aliphatic rings. The van der Waals surface area contributed by atoms with Gasteiger partial charge < -0.3 is 19.2 Å². The molecule has 2 aromatic heterocycles. The third-order valence-corrected chi connectivity index (χ3v) is 6.48. The number of nitrogens with one attached hydrogen (secondary N) is 1. The number of carbonyl (C=O) groups is 2. The van der Waals surface area contributed by atoms with Crippen LogP contribution in [0.25, 0.3) is 0 Å². The lowest BCUT2D eigenvalue weighted by atomic mass is 9.97. The molecule has 1 saturated heterocycles. The minimum Gasteiger partial charge on any atom is -0.493 e. The quantitative estimate of drug-likeness (QED) is 0.651. The molecule has 1 amide bonds. The van der Waals surface area contributed by atoms with Crippen molar-refractivity contribution in [3.8, 4) is 5.75 Å². The number of sulfonamides is 1. The summed E-state index contributed by atoms with van der Waals surface area (Å²) in [4.78, 5) is 28.3. The molecule has 2 aromatic rings. The van der Waals surface area contributed by atoms with E-state index in [-0.39, 0.29) is 42.4 Å². The van der Waals surface area contributed by atoms with Gasteiger partial charge in [-0.15, -0.1) is 0 Å². The first-order chi connectivity index (χ1) is 14.4. The van der Waals surface area contributed by atoms with Crippen LogP contribution in [0.4, 0.5) is 5.82 Å². The molecule has 0 atom stereocenters. The van der Waals surface area contributed by atoms with E-state index in [0.29, 0.717) is 24.4 Å². The van der Waals surface area contributed by atoms with Crippen molar-refractivity contribution < 1.29 is 31.9 Å². The standard InChI is InChI=1S/C19H23N3O7S/c1-3-28-19(24)15-6-7-16(29-15)30(25,26)22-11-8-13(9-12-22)18(23)21-17-14(27-2)5-4-10-20-17/h4-7,10,13H,3,8-9,11-12H2,1-2H3,(H,20,21,23). The van der Waals surface area contributed by atoms with Crippen LogP contribution >= 0.6 is 0 Å². The highest BCUT2D eigenvalue weighted by molar-refractivity contribution is 7.89. The summed E-state index contributed by atoms with van der Waals surface area (Å²) in [5.74, 6) is -0.738. The average molecular weight is 437 g/mol. The second-order valence-corrected chi connectivity index (χ2v) is 8.43. The van der Waals surface area contributed by atoms with Crippen LogP contribution in [0.1, 0.15) is 30.3 Å². The Balaban J connectivity index is 1.62. The van der Waals surface area contributed by atoms with Gasteiger partial charge in [0.1, 0.15) is 0 Å². The number of ether oxygens (including phenoxy) is 2. The SMILES string of the molecule is CCOC(=O)c1ccc(S(=O)(=O)N2CCC(C(=O)Nc3ncccc3OC)CC2)o1. The molecule has 3 rings (SSSR count). The highest BCUT2D eigenvalue weighted by Crippen LogP contribution is 2.27. The molecule has 0 aliphatic carbocycles. The summed E-state index contributed by atoms with van der Waals surface area (Å²) in [6.45, 7) is 2.09.